The highest BCUT2D eigenvalue weighted by molar-refractivity contribution is 8.13. The van der Waals surface area contributed by atoms with E-state index in [1.165, 1.54) is 24.3 Å². The van der Waals surface area contributed by atoms with E-state index in [2.05, 4.69) is 0 Å². The van der Waals surface area contributed by atoms with Crippen molar-refractivity contribution >= 4 is 19.7 Å². The molecule has 0 aromatic heterocycles. The predicted molar refractivity (Wildman–Crippen MR) is 49.2 cm³/mol. The average molecular weight is 241 g/mol. The van der Waals surface area contributed by atoms with Crippen molar-refractivity contribution in [2.45, 2.75) is 17.7 Å². The summed E-state index contributed by atoms with van der Waals surface area (Å²) in [5, 5.41) is 0. The van der Waals surface area contributed by atoms with Gasteiger partial charge in [0.05, 0.1) is 4.90 Å². The molecule has 0 radical (unpaired) electrons. The van der Waals surface area contributed by atoms with Crippen LogP contribution in [-0.4, -0.2) is 14.8 Å². The van der Waals surface area contributed by atoms with Crippen molar-refractivity contribution in [3.05, 3.63) is 29.8 Å². The quantitative estimate of drug-likeness (QED) is 0.761. The van der Waals surface area contributed by atoms with E-state index in [1.54, 1.807) is 0 Å². The maximum Gasteiger partial charge on any atom is 0.261 e. The second kappa shape index (κ2) is 4.23. The minimum atomic E-state index is -3.94. The van der Waals surface area contributed by atoms with Gasteiger partial charge in [0.2, 0.25) is 6.43 Å². The average Bonchev–Trinajstić information content (AvgIpc) is 2.01. The van der Waals surface area contributed by atoms with Crippen LogP contribution in [0.25, 0.3) is 0 Å². The lowest BCUT2D eigenvalue weighted by Crippen LogP contribution is -2.03. The van der Waals surface area contributed by atoms with Crippen molar-refractivity contribution in [1.29, 1.82) is 0 Å². The summed E-state index contributed by atoms with van der Waals surface area (Å²) < 4.78 is 46.0. The molecule has 1 aromatic rings. The molecule has 0 fully saturated rings. The molecule has 0 bridgehead atoms. The molecular formula is C8H7ClF2O2S. The number of hydrogen-bond donors (Lipinski definition) is 0. The van der Waals surface area contributed by atoms with Crippen LogP contribution in [0.2, 0.25) is 0 Å². The monoisotopic (exact) mass is 240 g/mol. The largest absolute Gasteiger partial charge is 0.261 e. The Balaban J connectivity index is 3.17. The minimum absolute atomic E-state index is 0.0394. The molecule has 0 heterocycles. The molecule has 0 aliphatic rings. The van der Waals surface area contributed by atoms with Gasteiger partial charge >= 0.3 is 0 Å². The fourth-order valence-corrected chi connectivity index (χ4v) is 2.23. The van der Waals surface area contributed by atoms with Gasteiger partial charge in [-0.1, -0.05) is 18.2 Å². The Kier molecular flexibility index (Phi) is 3.44. The second-order valence-corrected chi connectivity index (χ2v) is 5.18. The molecule has 0 unspecified atom stereocenters. The van der Waals surface area contributed by atoms with Crippen LogP contribution in [0.4, 0.5) is 8.78 Å². The van der Waals surface area contributed by atoms with Crippen LogP contribution in [0.1, 0.15) is 5.56 Å². The molecule has 1 rings (SSSR count). The van der Waals surface area contributed by atoms with Crippen LogP contribution in [0, 0.1) is 0 Å². The normalized spacial score (nSPS) is 12.0. The van der Waals surface area contributed by atoms with Crippen molar-refractivity contribution in [1.82, 2.24) is 0 Å². The first kappa shape index (κ1) is 11.4. The van der Waals surface area contributed by atoms with Crippen LogP contribution in [-0.2, 0) is 15.5 Å². The van der Waals surface area contributed by atoms with Crippen LogP contribution in [0.5, 0.6) is 0 Å². The molecule has 0 aliphatic carbocycles. The van der Waals surface area contributed by atoms with E-state index >= 15 is 0 Å². The number of rotatable bonds is 3. The molecule has 0 amide bonds. The van der Waals surface area contributed by atoms with Crippen molar-refractivity contribution in [3.8, 4) is 0 Å². The molecule has 0 saturated heterocycles. The lowest BCUT2D eigenvalue weighted by atomic mass is 10.2. The van der Waals surface area contributed by atoms with Gasteiger partial charge in [-0.05, 0) is 11.6 Å². The molecule has 14 heavy (non-hydrogen) atoms. The van der Waals surface area contributed by atoms with E-state index < -0.39 is 21.9 Å². The van der Waals surface area contributed by atoms with E-state index in [0.717, 1.165) is 0 Å². The van der Waals surface area contributed by atoms with Gasteiger partial charge in [0, 0.05) is 17.1 Å². The third-order valence-corrected chi connectivity index (χ3v) is 3.03. The maximum absolute atomic E-state index is 12.1. The van der Waals surface area contributed by atoms with Gasteiger partial charge in [0.1, 0.15) is 0 Å². The molecule has 0 spiro atoms. The second-order valence-electron chi connectivity index (χ2n) is 2.64. The predicted octanol–water partition coefficient (Wildman–Crippen LogP) is 2.42. The van der Waals surface area contributed by atoms with Crippen molar-refractivity contribution in [2.24, 2.45) is 0 Å². The lowest BCUT2D eigenvalue weighted by Gasteiger charge is -2.04. The van der Waals surface area contributed by atoms with Crippen LogP contribution >= 0.6 is 10.7 Å². The van der Waals surface area contributed by atoms with Gasteiger partial charge in [-0.15, -0.1) is 0 Å². The zero-order valence-corrected chi connectivity index (χ0v) is 8.52. The molecule has 6 heteroatoms. The molecule has 2 nitrogen and oxygen atoms in total. The van der Waals surface area contributed by atoms with Crippen molar-refractivity contribution in [2.75, 3.05) is 0 Å². The Hall–Kier alpha value is -0.680. The summed E-state index contributed by atoms with van der Waals surface area (Å²) in [7, 11) is 1.13. The highest BCUT2D eigenvalue weighted by atomic mass is 35.7. The van der Waals surface area contributed by atoms with Crippen molar-refractivity contribution < 1.29 is 17.2 Å². The standard InChI is InChI=1S/C8H7ClF2O2S/c9-14(12,13)7-4-2-1-3-6(7)5-8(10)11/h1-4,8H,5H2. The Morgan fingerprint density at radius 3 is 2.36 bits per heavy atom. The lowest BCUT2D eigenvalue weighted by molar-refractivity contribution is 0.148. The molecule has 78 valence electrons. The molecule has 1 aromatic carbocycles. The third kappa shape index (κ3) is 2.92. The molecule has 0 aliphatic heterocycles. The van der Waals surface area contributed by atoms with E-state index in [9.17, 15) is 17.2 Å². The summed E-state index contributed by atoms with van der Waals surface area (Å²) in [5.41, 5.74) is 0.0394. The number of hydrogen-bond acceptors (Lipinski definition) is 2. The van der Waals surface area contributed by atoms with E-state index in [0.29, 0.717) is 0 Å². The zero-order valence-electron chi connectivity index (χ0n) is 6.95. The van der Waals surface area contributed by atoms with E-state index in [-0.39, 0.29) is 10.5 Å². The Labute approximate surface area is 84.9 Å². The van der Waals surface area contributed by atoms with Crippen LogP contribution in [0.15, 0.2) is 29.2 Å². The summed E-state index contributed by atoms with van der Waals surface area (Å²) >= 11 is 0. The number of halogens is 3. The summed E-state index contributed by atoms with van der Waals surface area (Å²) in [6, 6.07) is 5.45. The van der Waals surface area contributed by atoms with Crippen LogP contribution < -0.4 is 0 Å². The third-order valence-electron chi connectivity index (χ3n) is 1.61. The Morgan fingerprint density at radius 2 is 1.86 bits per heavy atom. The topological polar surface area (TPSA) is 34.1 Å². The van der Waals surface area contributed by atoms with Gasteiger partial charge in [-0.3, -0.25) is 0 Å². The summed E-state index contributed by atoms with van der Waals surface area (Å²) in [5.74, 6) is 0. The first-order chi connectivity index (χ1) is 6.41. The highest BCUT2D eigenvalue weighted by Gasteiger charge is 2.17. The molecule has 0 saturated carbocycles. The van der Waals surface area contributed by atoms with Crippen LogP contribution in [0.3, 0.4) is 0 Å². The number of benzene rings is 1. The maximum atomic E-state index is 12.1. The van der Waals surface area contributed by atoms with Crippen molar-refractivity contribution in [3.63, 3.8) is 0 Å². The summed E-state index contributed by atoms with van der Waals surface area (Å²) in [6.45, 7) is 0. The van der Waals surface area contributed by atoms with Gasteiger partial charge in [-0.25, -0.2) is 17.2 Å². The number of alkyl halides is 2. The fourth-order valence-electron chi connectivity index (χ4n) is 1.08. The fraction of sp³-hybridized carbons (Fsp3) is 0.250. The SMILES string of the molecule is O=S(=O)(Cl)c1ccccc1CC(F)F. The Bertz CT molecular complexity index is 417. The molecular weight excluding hydrogens is 234 g/mol. The summed E-state index contributed by atoms with van der Waals surface area (Å²) in [4.78, 5) is -0.248. The minimum Gasteiger partial charge on any atom is -0.210 e. The zero-order chi connectivity index (χ0) is 10.8. The highest BCUT2D eigenvalue weighted by Crippen LogP contribution is 2.21. The van der Waals surface area contributed by atoms with Gasteiger partial charge in [0.15, 0.2) is 0 Å². The molecule has 0 atom stereocenters. The van der Waals surface area contributed by atoms with Gasteiger partial charge < -0.3 is 0 Å². The smallest absolute Gasteiger partial charge is 0.210 e. The summed E-state index contributed by atoms with van der Waals surface area (Å²) in [6.07, 6.45) is -3.20. The van der Waals surface area contributed by atoms with E-state index in [1.807, 2.05) is 0 Å². The molecule has 0 N–H and O–H groups in total. The van der Waals surface area contributed by atoms with Gasteiger partial charge in [-0.2, -0.15) is 0 Å². The van der Waals surface area contributed by atoms with Gasteiger partial charge in [0.25, 0.3) is 9.05 Å². The first-order valence-electron chi connectivity index (χ1n) is 3.72. The Morgan fingerprint density at radius 1 is 1.29 bits per heavy atom. The first-order valence-corrected chi connectivity index (χ1v) is 6.03. The van der Waals surface area contributed by atoms with E-state index in [4.69, 9.17) is 10.7 Å².